The highest BCUT2D eigenvalue weighted by atomic mass is 32.2. The average Bonchev–Trinajstić information content (AvgIpc) is 3.05. The molecule has 0 spiro atoms. The van der Waals surface area contributed by atoms with E-state index >= 15 is 0 Å². The van der Waals surface area contributed by atoms with Gasteiger partial charge in [0, 0.05) is 24.3 Å². The SMILES string of the molecule is O=C(c1cccc(N2CCCCS2(=O)=O)c1)N1CCc2ccccc21. The first-order chi connectivity index (χ1) is 12.1. The molecule has 25 heavy (non-hydrogen) atoms. The maximum Gasteiger partial charge on any atom is 0.258 e. The van der Waals surface area contributed by atoms with E-state index in [-0.39, 0.29) is 11.7 Å². The van der Waals surface area contributed by atoms with E-state index < -0.39 is 10.0 Å². The minimum Gasteiger partial charge on any atom is -0.308 e. The summed E-state index contributed by atoms with van der Waals surface area (Å²) < 4.78 is 26.1. The molecule has 5 nitrogen and oxygen atoms in total. The minimum atomic E-state index is -3.28. The number of para-hydroxylation sites is 1. The van der Waals surface area contributed by atoms with Gasteiger partial charge in [-0.1, -0.05) is 24.3 Å². The molecule has 1 saturated heterocycles. The van der Waals surface area contributed by atoms with Crippen LogP contribution in [0.2, 0.25) is 0 Å². The molecular weight excluding hydrogens is 336 g/mol. The number of amides is 1. The van der Waals surface area contributed by atoms with E-state index in [2.05, 4.69) is 0 Å². The van der Waals surface area contributed by atoms with Crippen LogP contribution in [0.1, 0.15) is 28.8 Å². The Morgan fingerprint density at radius 2 is 1.80 bits per heavy atom. The van der Waals surface area contributed by atoms with Crippen molar-refractivity contribution in [2.45, 2.75) is 19.3 Å². The van der Waals surface area contributed by atoms with Gasteiger partial charge in [0.2, 0.25) is 10.0 Å². The quantitative estimate of drug-likeness (QED) is 0.831. The third-order valence-electron chi connectivity index (χ3n) is 4.86. The number of benzene rings is 2. The highest BCUT2D eigenvalue weighted by Crippen LogP contribution is 2.30. The standard InChI is InChI=1S/C19H20N2O3S/c22-19(20-12-10-15-6-1-2-9-18(15)20)16-7-5-8-17(14-16)21-11-3-4-13-25(21,23)24/h1-2,5-9,14H,3-4,10-13H2. The highest BCUT2D eigenvalue weighted by molar-refractivity contribution is 7.92. The Morgan fingerprint density at radius 3 is 2.64 bits per heavy atom. The van der Waals surface area contributed by atoms with Gasteiger partial charge in [0.1, 0.15) is 0 Å². The van der Waals surface area contributed by atoms with E-state index in [1.54, 1.807) is 29.2 Å². The topological polar surface area (TPSA) is 57.7 Å². The summed E-state index contributed by atoms with van der Waals surface area (Å²) in [7, 11) is -3.28. The lowest BCUT2D eigenvalue weighted by Gasteiger charge is -2.28. The Balaban J connectivity index is 1.65. The van der Waals surface area contributed by atoms with Crippen LogP contribution in [0, 0.1) is 0 Å². The fourth-order valence-electron chi connectivity index (χ4n) is 3.58. The van der Waals surface area contributed by atoms with Crippen molar-refractivity contribution < 1.29 is 13.2 Å². The smallest absolute Gasteiger partial charge is 0.258 e. The van der Waals surface area contributed by atoms with E-state index in [1.807, 2.05) is 24.3 Å². The van der Waals surface area contributed by atoms with E-state index in [9.17, 15) is 13.2 Å². The lowest BCUT2D eigenvalue weighted by atomic mass is 10.1. The number of hydrogen-bond donors (Lipinski definition) is 0. The number of hydrogen-bond acceptors (Lipinski definition) is 3. The van der Waals surface area contributed by atoms with Crippen LogP contribution < -0.4 is 9.21 Å². The van der Waals surface area contributed by atoms with Crippen molar-refractivity contribution in [1.82, 2.24) is 0 Å². The molecule has 130 valence electrons. The zero-order valence-corrected chi connectivity index (χ0v) is 14.7. The molecule has 0 aromatic heterocycles. The first kappa shape index (κ1) is 16.1. The fourth-order valence-corrected chi connectivity index (χ4v) is 5.21. The maximum absolute atomic E-state index is 13.0. The predicted octanol–water partition coefficient (Wildman–Crippen LogP) is 2.82. The molecule has 2 aromatic carbocycles. The van der Waals surface area contributed by atoms with Gasteiger partial charge in [0.25, 0.3) is 5.91 Å². The minimum absolute atomic E-state index is 0.0822. The van der Waals surface area contributed by atoms with Crippen molar-refractivity contribution in [3.05, 3.63) is 59.7 Å². The number of nitrogens with zero attached hydrogens (tertiary/aromatic N) is 2. The van der Waals surface area contributed by atoms with Crippen molar-refractivity contribution in [1.29, 1.82) is 0 Å². The van der Waals surface area contributed by atoms with Crippen LogP contribution in [-0.4, -0.2) is 33.2 Å². The predicted molar refractivity (Wildman–Crippen MR) is 98.6 cm³/mol. The van der Waals surface area contributed by atoms with Crippen LogP contribution in [0.5, 0.6) is 0 Å². The first-order valence-electron chi connectivity index (χ1n) is 8.56. The van der Waals surface area contributed by atoms with Crippen molar-refractivity contribution in [2.75, 3.05) is 28.0 Å². The molecule has 4 rings (SSSR count). The molecule has 2 aliphatic rings. The summed E-state index contributed by atoms with van der Waals surface area (Å²) in [5.74, 6) is 0.0891. The number of carbonyl (C=O) groups is 1. The Kier molecular flexibility index (Phi) is 4.00. The van der Waals surface area contributed by atoms with Crippen molar-refractivity contribution in [3.8, 4) is 0 Å². The Hall–Kier alpha value is -2.34. The third kappa shape index (κ3) is 2.91. The van der Waals surface area contributed by atoms with Gasteiger partial charge < -0.3 is 4.90 Å². The summed E-state index contributed by atoms with van der Waals surface area (Å²) in [5, 5.41) is 0. The zero-order chi connectivity index (χ0) is 17.4. The van der Waals surface area contributed by atoms with Crippen LogP contribution >= 0.6 is 0 Å². The van der Waals surface area contributed by atoms with E-state index in [0.29, 0.717) is 30.8 Å². The summed E-state index contributed by atoms with van der Waals surface area (Å²) >= 11 is 0. The number of rotatable bonds is 2. The van der Waals surface area contributed by atoms with Crippen LogP contribution in [0.15, 0.2) is 48.5 Å². The molecule has 0 N–H and O–H groups in total. The summed E-state index contributed by atoms with van der Waals surface area (Å²) in [4.78, 5) is 14.7. The number of anilines is 2. The van der Waals surface area contributed by atoms with Crippen LogP contribution in [-0.2, 0) is 16.4 Å². The molecule has 0 unspecified atom stereocenters. The van der Waals surface area contributed by atoms with Gasteiger partial charge in [-0.2, -0.15) is 0 Å². The Bertz CT molecular complexity index is 924. The van der Waals surface area contributed by atoms with Gasteiger partial charge in [-0.25, -0.2) is 8.42 Å². The van der Waals surface area contributed by atoms with Gasteiger partial charge in [-0.15, -0.1) is 0 Å². The molecule has 1 fully saturated rings. The molecule has 6 heteroatoms. The molecule has 0 atom stereocenters. The summed E-state index contributed by atoms with van der Waals surface area (Å²) in [6.45, 7) is 1.14. The van der Waals surface area contributed by atoms with E-state index in [4.69, 9.17) is 0 Å². The molecule has 1 amide bonds. The maximum atomic E-state index is 13.0. The number of sulfonamides is 1. The van der Waals surface area contributed by atoms with Crippen LogP contribution in [0.4, 0.5) is 11.4 Å². The van der Waals surface area contributed by atoms with Crippen molar-refractivity contribution in [2.24, 2.45) is 0 Å². The Morgan fingerprint density at radius 1 is 0.960 bits per heavy atom. The number of fused-ring (bicyclic) bond motifs is 1. The largest absolute Gasteiger partial charge is 0.308 e. The normalized spacial score (nSPS) is 18.9. The van der Waals surface area contributed by atoms with Crippen LogP contribution in [0.3, 0.4) is 0 Å². The first-order valence-corrected chi connectivity index (χ1v) is 10.2. The summed E-state index contributed by atoms with van der Waals surface area (Å²) in [6, 6.07) is 14.9. The third-order valence-corrected chi connectivity index (χ3v) is 6.73. The zero-order valence-electron chi connectivity index (χ0n) is 13.9. The fraction of sp³-hybridized carbons (Fsp3) is 0.316. The Labute approximate surface area is 147 Å². The molecule has 2 heterocycles. The summed E-state index contributed by atoms with van der Waals surface area (Å²) in [6.07, 6.45) is 2.39. The molecular formula is C19H20N2O3S. The lowest BCUT2D eigenvalue weighted by Crippen LogP contribution is -2.38. The van der Waals surface area contributed by atoms with Gasteiger partial charge in [0.05, 0.1) is 11.4 Å². The van der Waals surface area contributed by atoms with Crippen molar-refractivity contribution >= 4 is 27.3 Å². The summed E-state index contributed by atoms with van der Waals surface area (Å²) in [5.41, 5.74) is 3.22. The van der Waals surface area contributed by atoms with Gasteiger partial charge >= 0.3 is 0 Å². The number of carbonyl (C=O) groups excluding carboxylic acids is 1. The monoisotopic (exact) mass is 356 g/mol. The highest BCUT2D eigenvalue weighted by Gasteiger charge is 2.28. The van der Waals surface area contributed by atoms with E-state index in [0.717, 1.165) is 18.5 Å². The molecule has 0 bridgehead atoms. The molecule has 0 saturated carbocycles. The lowest BCUT2D eigenvalue weighted by molar-refractivity contribution is 0.0989. The second kappa shape index (κ2) is 6.19. The van der Waals surface area contributed by atoms with Crippen LogP contribution in [0.25, 0.3) is 0 Å². The van der Waals surface area contributed by atoms with Gasteiger partial charge in [-0.05, 0) is 49.1 Å². The van der Waals surface area contributed by atoms with Gasteiger partial charge in [0.15, 0.2) is 0 Å². The molecule has 2 aliphatic heterocycles. The second-order valence-electron chi connectivity index (χ2n) is 6.48. The molecule has 0 radical (unpaired) electrons. The average molecular weight is 356 g/mol. The van der Waals surface area contributed by atoms with Gasteiger partial charge in [-0.3, -0.25) is 9.10 Å². The van der Waals surface area contributed by atoms with E-state index in [1.165, 1.54) is 9.87 Å². The molecule has 0 aliphatic carbocycles. The van der Waals surface area contributed by atoms with Crippen molar-refractivity contribution in [3.63, 3.8) is 0 Å². The molecule has 2 aromatic rings. The second-order valence-corrected chi connectivity index (χ2v) is 8.49.